The summed E-state index contributed by atoms with van der Waals surface area (Å²) in [4.78, 5) is 17.7. The molecule has 0 spiro atoms. The molecule has 1 aliphatic rings. The van der Waals surface area contributed by atoms with Crippen LogP contribution in [0.25, 0.3) is 21.8 Å². The standard InChI is InChI=1S/C26H29N3O4/c1-32-24-14-17-7-8-18(13-19(17)15-25(24)33-2)23(30)16-28-11-9-20(10-12-28)29-22-6-4-3-5-21(22)27-26(29)31/h3-8,13-15,20,23,30H,9-12,16H2,1-2H3,(H,27,31). The highest BCUT2D eigenvalue weighted by atomic mass is 16.5. The Morgan fingerprint density at radius 3 is 2.42 bits per heavy atom. The number of likely N-dealkylation sites (tertiary alicyclic amines) is 1. The number of β-amino-alcohol motifs (C(OH)–C–C–N with tert-alkyl or cyclic N) is 1. The zero-order valence-corrected chi connectivity index (χ0v) is 19.0. The molecule has 33 heavy (non-hydrogen) atoms. The average Bonchev–Trinajstić information content (AvgIpc) is 3.18. The topological polar surface area (TPSA) is 79.7 Å². The minimum Gasteiger partial charge on any atom is -0.493 e. The van der Waals surface area contributed by atoms with Gasteiger partial charge in [-0.2, -0.15) is 0 Å². The number of benzene rings is 3. The molecule has 0 bridgehead atoms. The SMILES string of the molecule is COc1cc2ccc(C(O)CN3CCC(n4c(=O)[nH]c5ccccc54)CC3)cc2cc1OC. The van der Waals surface area contributed by atoms with Crippen molar-refractivity contribution in [3.8, 4) is 11.5 Å². The van der Waals surface area contributed by atoms with Gasteiger partial charge in [0.1, 0.15) is 0 Å². The minimum atomic E-state index is -0.588. The first-order chi connectivity index (χ1) is 16.1. The maximum absolute atomic E-state index is 12.5. The van der Waals surface area contributed by atoms with Crippen molar-refractivity contribution in [2.75, 3.05) is 33.9 Å². The molecule has 1 saturated heterocycles. The fourth-order valence-corrected chi connectivity index (χ4v) is 4.95. The van der Waals surface area contributed by atoms with Gasteiger partial charge in [0, 0.05) is 25.7 Å². The number of aliphatic hydroxyl groups excluding tert-OH is 1. The fourth-order valence-electron chi connectivity index (χ4n) is 4.95. The number of piperidine rings is 1. The van der Waals surface area contributed by atoms with Crippen molar-refractivity contribution in [1.29, 1.82) is 0 Å². The summed E-state index contributed by atoms with van der Waals surface area (Å²) >= 11 is 0. The van der Waals surface area contributed by atoms with Gasteiger partial charge in [-0.1, -0.05) is 24.3 Å². The lowest BCUT2D eigenvalue weighted by Gasteiger charge is -2.33. The number of ether oxygens (including phenoxy) is 2. The monoisotopic (exact) mass is 447 g/mol. The van der Waals surface area contributed by atoms with E-state index in [9.17, 15) is 9.90 Å². The van der Waals surface area contributed by atoms with Crippen LogP contribution >= 0.6 is 0 Å². The molecule has 2 N–H and O–H groups in total. The molecule has 3 aromatic carbocycles. The summed E-state index contributed by atoms with van der Waals surface area (Å²) in [6.45, 7) is 2.24. The Balaban J connectivity index is 1.27. The van der Waals surface area contributed by atoms with E-state index < -0.39 is 6.10 Å². The average molecular weight is 448 g/mol. The van der Waals surface area contributed by atoms with E-state index in [2.05, 4.69) is 9.88 Å². The summed E-state index contributed by atoms with van der Waals surface area (Å²) in [5.74, 6) is 1.36. The number of aromatic nitrogens is 2. The highest BCUT2D eigenvalue weighted by Crippen LogP contribution is 2.33. The van der Waals surface area contributed by atoms with Crippen LogP contribution in [0.3, 0.4) is 0 Å². The van der Waals surface area contributed by atoms with Crippen LogP contribution in [-0.4, -0.2) is 53.4 Å². The second-order valence-corrected chi connectivity index (χ2v) is 8.68. The molecule has 4 aromatic rings. The number of H-pyrrole nitrogens is 1. The van der Waals surface area contributed by atoms with Gasteiger partial charge in [0.2, 0.25) is 0 Å². The molecule has 0 amide bonds. The van der Waals surface area contributed by atoms with Crippen LogP contribution in [0.5, 0.6) is 11.5 Å². The minimum absolute atomic E-state index is 0.0436. The number of rotatable bonds is 6. The quantitative estimate of drug-likeness (QED) is 0.469. The Hall–Kier alpha value is -3.29. The molecule has 1 atom stereocenters. The molecular weight excluding hydrogens is 418 g/mol. The van der Waals surface area contributed by atoms with E-state index in [1.54, 1.807) is 14.2 Å². The molecule has 1 fully saturated rings. The number of para-hydroxylation sites is 2. The predicted molar refractivity (Wildman–Crippen MR) is 129 cm³/mol. The van der Waals surface area contributed by atoms with E-state index >= 15 is 0 Å². The van der Waals surface area contributed by atoms with Crippen molar-refractivity contribution in [3.05, 3.63) is 70.6 Å². The summed E-state index contributed by atoms with van der Waals surface area (Å²) in [6.07, 6.45) is 1.17. The normalized spacial score (nSPS) is 16.3. The lowest BCUT2D eigenvalue weighted by Crippen LogP contribution is -2.39. The van der Waals surface area contributed by atoms with Crippen LogP contribution in [0.2, 0.25) is 0 Å². The number of imidazole rings is 1. The van der Waals surface area contributed by atoms with Crippen LogP contribution in [-0.2, 0) is 0 Å². The Morgan fingerprint density at radius 2 is 1.70 bits per heavy atom. The molecule has 1 aromatic heterocycles. The van der Waals surface area contributed by atoms with Crippen molar-refractivity contribution in [2.45, 2.75) is 25.0 Å². The fraction of sp³-hybridized carbons (Fsp3) is 0.346. The number of hydrogen-bond donors (Lipinski definition) is 2. The number of methoxy groups -OCH3 is 2. The van der Waals surface area contributed by atoms with Gasteiger partial charge in [-0.15, -0.1) is 0 Å². The Bertz CT molecular complexity index is 1330. The highest BCUT2D eigenvalue weighted by Gasteiger charge is 2.25. The molecule has 172 valence electrons. The van der Waals surface area contributed by atoms with Crippen molar-refractivity contribution in [3.63, 3.8) is 0 Å². The molecule has 0 radical (unpaired) electrons. The van der Waals surface area contributed by atoms with Gasteiger partial charge in [-0.3, -0.25) is 4.57 Å². The smallest absolute Gasteiger partial charge is 0.326 e. The zero-order chi connectivity index (χ0) is 22.9. The molecule has 0 saturated carbocycles. The van der Waals surface area contributed by atoms with E-state index in [4.69, 9.17) is 9.47 Å². The van der Waals surface area contributed by atoms with Gasteiger partial charge >= 0.3 is 5.69 Å². The van der Waals surface area contributed by atoms with Gasteiger partial charge in [0.05, 0.1) is 31.4 Å². The highest BCUT2D eigenvalue weighted by molar-refractivity contribution is 5.86. The molecule has 1 unspecified atom stereocenters. The molecule has 5 rings (SSSR count). The molecule has 0 aliphatic carbocycles. The van der Waals surface area contributed by atoms with E-state index in [0.717, 1.165) is 53.3 Å². The van der Waals surface area contributed by atoms with Crippen LogP contribution < -0.4 is 15.2 Å². The first-order valence-corrected chi connectivity index (χ1v) is 11.3. The van der Waals surface area contributed by atoms with Crippen LogP contribution in [0, 0.1) is 0 Å². The summed E-state index contributed by atoms with van der Waals surface area (Å²) in [6, 6.07) is 17.9. The van der Waals surface area contributed by atoms with Crippen molar-refractivity contribution < 1.29 is 14.6 Å². The first kappa shape index (κ1) is 21.6. The third-order valence-corrected chi connectivity index (χ3v) is 6.73. The maximum atomic E-state index is 12.5. The maximum Gasteiger partial charge on any atom is 0.326 e. The number of fused-ring (bicyclic) bond motifs is 2. The molecular formula is C26H29N3O4. The summed E-state index contributed by atoms with van der Waals surface area (Å²) in [5.41, 5.74) is 2.68. The van der Waals surface area contributed by atoms with Crippen molar-refractivity contribution in [2.24, 2.45) is 0 Å². The number of nitrogens with zero attached hydrogens (tertiary/aromatic N) is 2. The van der Waals surface area contributed by atoms with Crippen LogP contribution in [0.15, 0.2) is 59.4 Å². The molecule has 2 heterocycles. The first-order valence-electron chi connectivity index (χ1n) is 11.3. The number of hydrogen-bond acceptors (Lipinski definition) is 5. The Kier molecular flexibility index (Phi) is 5.83. The second kappa shape index (κ2) is 8.92. The summed E-state index contributed by atoms with van der Waals surface area (Å²) in [5, 5.41) is 13.0. The van der Waals surface area contributed by atoms with E-state index in [-0.39, 0.29) is 11.7 Å². The van der Waals surface area contributed by atoms with Gasteiger partial charge in [-0.25, -0.2) is 4.79 Å². The molecule has 7 nitrogen and oxygen atoms in total. The predicted octanol–water partition coefficient (Wildman–Crippen LogP) is 3.87. The Labute approximate surface area is 192 Å². The van der Waals surface area contributed by atoms with E-state index in [1.165, 1.54) is 0 Å². The van der Waals surface area contributed by atoms with E-state index in [1.807, 2.05) is 59.2 Å². The van der Waals surface area contributed by atoms with Gasteiger partial charge < -0.3 is 24.5 Å². The van der Waals surface area contributed by atoms with Crippen molar-refractivity contribution in [1.82, 2.24) is 14.5 Å². The van der Waals surface area contributed by atoms with Gasteiger partial charge in [-0.05, 0) is 59.5 Å². The number of aliphatic hydroxyl groups is 1. The third kappa shape index (κ3) is 4.10. The summed E-state index contributed by atoms with van der Waals surface area (Å²) < 4.78 is 12.7. The van der Waals surface area contributed by atoms with Crippen molar-refractivity contribution >= 4 is 21.8 Å². The third-order valence-electron chi connectivity index (χ3n) is 6.73. The second-order valence-electron chi connectivity index (χ2n) is 8.68. The number of aromatic amines is 1. The summed E-state index contributed by atoms with van der Waals surface area (Å²) in [7, 11) is 3.25. The van der Waals surface area contributed by atoms with Crippen LogP contribution in [0.1, 0.15) is 30.6 Å². The van der Waals surface area contributed by atoms with Gasteiger partial charge in [0.15, 0.2) is 11.5 Å². The lowest BCUT2D eigenvalue weighted by molar-refractivity contribution is 0.0907. The molecule has 7 heteroatoms. The van der Waals surface area contributed by atoms with Crippen LogP contribution in [0.4, 0.5) is 0 Å². The van der Waals surface area contributed by atoms with Gasteiger partial charge in [0.25, 0.3) is 0 Å². The zero-order valence-electron chi connectivity index (χ0n) is 19.0. The lowest BCUT2D eigenvalue weighted by atomic mass is 10.0. The molecule has 1 aliphatic heterocycles. The van der Waals surface area contributed by atoms with E-state index in [0.29, 0.717) is 18.0 Å². The largest absolute Gasteiger partial charge is 0.493 e. The Morgan fingerprint density at radius 1 is 1.00 bits per heavy atom. The number of nitrogens with one attached hydrogen (secondary N) is 1.